The average molecular weight is 307 g/mol. The summed E-state index contributed by atoms with van der Waals surface area (Å²) in [4.78, 5) is 23.1. The fourth-order valence-electron chi connectivity index (χ4n) is 2.00. The van der Waals surface area contributed by atoms with Gasteiger partial charge in [-0.2, -0.15) is 0 Å². The van der Waals surface area contributed by atoms with Gasteiger partial charge in [0, 0.05) is 11.8 Å². The molecule has 7 heteroatoms. The van der Waals surface area contributed by atoms with Gasteiger partial charge in [0.15, 0.2) is 5.16 Å². The molecule has 0 fully saturated rings. The Morgan fingerprint density at radius 1 is 1.38 bits per heavy atom. The Balaban J connectivity index is 2.17. The minimum absolute atomic E-state index is 0.0289. The minimum atomic E-state index is -0.886. The molecule has 0 saturated carbocycles. The highest BCUT2D eigenvalue weighted by atomic mass is 32.2. The molecule has 0 radical (unpaired) electrons. The monoisotopic (exact) mass is 307 g/mol. The Labute approximate surface area is 126 Å². The molecule has 0 aliphatic rings. The van der Waals surface area contributed by atoms with Crippen molar-refractivity contribution >= 4 is 17.7 Å². The maximum absolute atomic E-state index is 11.6. The van der Waals surface area contributed by atoms with Gasteiger partial charge in [-0.1, -0.05) is 42.1 Å². The lowest BCUT2D eigenvalue weighted by Gasteiger charge is -2.13. The van der Waals surface area contributed by atoms with Crippen LogP contribution in [0.3, 0.4) is 0 Å². The maximum atomic E-state index is 11.6. The molecule has 21 heavy (non-hydrogen) atoms. The number of aromatic amines is 1. The van der Waals surface area contributed by atoms with Crippen LogP contribution in [0.5, 0.6) is 0 Å². The van der Waals surface area contributed by atoms with Crippen LogP contribution < -0.4 is 5.69 Å². The number of H-pyrrole nitrogens is 1. The van der Waals surface area contributed by atoms with E-state index in [1.807, 2.05) is 32.0 Å². The van der Waals surface area contributed by atoms with E-state index in [9.17, 15) is 14.7 Å². The van der Waals surface area contributed by atoms with Crippen LogP contribution in [0.4, 0.5) is 0 Å². The van der Waals surface area contributed by atoms with Crippen molar-refractivity contribution in [3.8, 4) is 0 Å². The molecule has 1 aromatic carbocycles. The number of nitrogens with zero attached hydrogens (tertiary/aromatic N) is 2. The number of rotatable bonds is 6. The molecule has 0 aliphatic heterocycles. The van der Waals surface area contributed by atoms with Crippen molar-refractivity contribution < 1.29 is 9.90 Å². The normalized spacial score (nSPS) is 12.5. The number of hydrogen-bond donors (Lipinski definition) is 2. The van der Waals surface area contributed by atoms with Gasteiger partial charge in [-0.25, -0.2) is 9.89 Å². The summed E-state index contributed by atoms with van der Waals surface area (Å²) >= 11 is 1.27. The zero-order valence-electron chi connectivity index (χ0n) is 11.8. The van der Waals surface area contributed by atoms with E-state index >= 15 is 0 Å². The molecule has 1 heterocycles. The molecule has 0 amide bonds. The third-order valence-corrected chi connectivity index (χ3v) is 4.11. The summed E-state index contributed by atoms with van der Waals surface area (Å²) in [6.45, 7) is 3.76. The van der Waals surface area contributed by atoms with Gasteiger partial charge >= 0.3 is 11.7 Å². The number of aromatic nitrogens is 3. The van der Waals surface area contributed by atoms with Gasteiger partial charge in [-0.15, -0.1) is 5.10 Å². The molecule has 1 unspecified atom stereocenters. The highest BCUT2D eigenvalue weighted by Gasteiger charge is 2.22. The van der Waals surface area contributed by atoms with E-state index in [1.54, 1.807) is 12.1 Å². The zero-order chi connectivity index (χ0) is 15.4. The van der Waals surface area contributed by atoms with Crippen LogP contribution in [0.15, 0.2) is 40.3 Å². The van der Waals surface area contributed by atoms with Crippen molar-refractivity contribution in [2.24, 2.45) is 0 Å². The van der Waals surface area contributed by atoms with Gasteiger partial charge in [0.25, 0.3) is 0 Å². The van der Waals surface area contributed by atoms with Gasteiger partial charge < -0.3 is 5.11 Å². The summed E-state index contributed by atoms with van der Waals surface area (Å²) in [7, 11) is 0. The minimum Gasteiger partial charge on any atom is -0.481 e. The summed E-state index contributed by atoms with van der Waals surface area (Å²) in [5.41, 5.74) is 0.463. The Morgan fingerprint density at radius 2 is 2.05 bits per heavy atom. The van der Waals surface area contributed by atoms with Crippen molar-refractivity contribution in [1.82, 2.24) is 14.8 Å². The summed E-state index contributed by atoms with van der Waals surface area (Å²) < 4.78 is 1.52. The highest BCUT2D eigenvalue weighted by Crippen LogP contribution is 2.25. The zero-order valence-corrected chi connectivity index (χ0v) is 12.6. The smallest absolute Gasteiger partial charge is 0.344 e. The summed E-state index contributed by atoms with van der Waals surface area (Å²) in [5, 5.41) is 16.2. The van der Waals surface area contributed by atoms with Crippen molar-refractivity contribution in [1.29, 1.82) is 0 Å². The Bertz CT molecular complexity index is 664. The quantitative estimate of drug-likeness (QED) is 0.798. The number of thioether (sulfide) groups is 1. The van der Waals surface area contributed by atoms with E-state index in [4.69, 9.17) is 0 Å². The Kier molecular flexibility index (Phi) is 4.85. The van der Waals surface area contributed by atoms with Gasteiger partial charge in [0.05, 0.1) is 5.92 Å². The SMILES string of the molecule is CC(C)n1c(SCC(C(=O)O)c2ccccc2)n[nH]c1=O. The first-order valence-corrected chi connectivity index (χ1v) is 7.56. The fourth-order valence-corrected chi connectivity index (χ4v) is 3.19. The molecule has 2 N–H and O–H groups in total. The highest BCUT2D eigenvalue weighted by molar-refractivity contribution is 7.99. The average Bonchev–Trinajstić information content (AvgIpc) is 2.81. The summed E-state index contributed by atoms with van der Waals surface area (Å²) in [5.74, 6) is -1.21. The molecule has 6 nitrogen and oxygen atoms in total. The lowest BCUT2D eigenvalue weighted by Crippen LogP contribution is -2.20. The Hall–Kier alpha value is -2.02. The van der Waals surface area contributed by atoms with Crippen molar-refractivity contribution in [2.45, 2.75) is 31.0 Å². The third-order valence-electron chi connectivity index (χ3n) is 3.07. The van der Waals surface area contributed by atoms with Gasteiger partial charge in [-0.05, 0) is 19.4 Å². The molecule has 0 saturated heterocycles. The number of nitrogens with one attached hydrogen (secondary N) is 1. The third kappa shape index (κ3) is 3.55. The molecule has 0 bridgehead atoms. The molecule has 0 spiro atoms. The van der Waals surface area contributed by atoms with Crippen LogP contribution in [0, 0.1) is 0 Å². The second kappa shape index (κ2) is 6.62. The predicted molar refractivity (Wildman–Crippen MR) is 80.8 cm³/mol. The van der Waals surface area contributed by atoms with E-state index in [-0.39, 0.29) is 11.7 Å². The van der Waals surface area contributed by atoms with Gasteiger partial charge in [-0.3, -0.25) is 9.36 Å². The molecule has 112 valence electrons. The first-order valence-electron chi connectivity index (χ1n) is 6.58. The summed E-state index contributed by atoms with van der Waals surface area (Å²) in [6, 6.07) is 9.03. The number of carbonyl (C=O) groups is 1. The molecular weight excluding hydrogens is 290 g/mol. The predicted octanol–water partition coefficient (Wildman–Crippen LogP) is 2.11. The maximum Gasteiger partial charge on any atom is 0.344 e. The lowest BCUT2D eigenvalue weighted by atomic mass is 10.0. The second-order valence-corrected chi connectivity index (χ2v) is 5.87. The van der Waals surface area contributed by atoms with Crippen LogP contribution >= 0.6 is 11.8 Å². The number of aliphatic carboxylic acids is 1. The lowest BCUT2D eigenvalue weighted by molar-refractivity contribution is -0.138. The fraction of sp³-hybridized carbons (Fsp3) is 0.357. The van der Waals surface area contributed by atoms with Crippen LogP contribution in [0.1, 0.15) is 31.4 Å². The van der Waals surface area contributed by atoms with Crippen molar-refractivity contribution in [3.05, 3.63) is 46.4 Å². The molecule has 2 rings (SSSR count). The first-order chi connectivity index (χ1) is 10.0. The molecule has 1 aromatic heterocycles. The second-order valence-electron chi connectivity index (χ2n) is 4.89. The summed E-state index contributed by atoms with van der Waals surface area (Å²) in [6.07, 6.45) is 0. The van der Waals surface area contributed by atoms with Gasteiger partial charge in [0.1, 0.15) is 0 Å². The molecular formula is C14H17N3O3S. The number of carboxylic acids is 1. The van der Waals surface area contributed by atoms with E-state index in [1.165, 1.54) is 16.3 Å². The first kappa shape index (κ1) is 15.4. The molecule has 0 aliphatic carbocycles. The number of hydrogen-bond acceptors (Lipinski definition) is 4. The van der Waals surface area contributed by atoms with E-state index in [2.05, 4.69) is 10.2 Å². The molecule has 2 aromatic rings. The van der Waals surface area contributed by atoms with Crippen molar-refractivity contribution in [3.63, 3.8) is 0 Å². The van der Waals surface area contributed by atoms with E-state index in [0.717, 1.165) is 5.56 Å². The number of benzene rings is 1. The topological polar surface area (TPSA) is 88.0 Å². The van der Waals surface area contributed by atoms with Crippen LogP contribution in [-0.4, -0.2) is 31.6 Å². The van der Waals surface area contributed by atoms with E-state index < -0.39 is 11.9 Å². The molecule has 1 atom stereocenters. The standard InChI is InChI=1S/C14H17N3O3S/c1-9(2)17-13(20)15-16-14(17)21-8-11(12(18)19)10-6-4-3-5-7-10/h3-7,9,11H,8H2,1-2H3,(H,15,20)(H,18,19). The van der Waals surface area contributed by atoms with E-state index in [0.29, 0.717) is 10.9 Å². The van der Waals surface area contributed by atoms with Crippen LogP contribution in [0.25, 0.3) is 0 Å². The van der Waals surface area contributed by atoms with Gasteiger partial charge in [0.2, 0.25) is 0 Å². The Morgan fingerprint density at radius 3 is 2.62 bits per heavy atom. The largest absolute Gasteiger partial charge is 0.481 e. The van der Waals surface area contributed by atoms with Crippen LogP contribution in [0.2, 0.25) is 0 Å². The van der Waals surface area contributed by atoms with Crippen molar-refractivity contribution in [2.75, 3.05) is 5.75 Å². The van der Waals surface area contributed by atoms with Crippen LogP contribution in [-0.2, 0) is 4.79 Å². The number of carboxylic acid groups (broad SMARTS) is 1.